The maximum atomic E-state index is 5.44. The molecule has 60 valence electrons. The average Bonchev–Trinajstić information content (AvgIpc) is 2.37. The Morgan fingerprint density at radius 1 is 1.73 bits per heavy atom. The lowest BCUT2D eigenvalue weighted by atomic mass is 10.2. The van der Waals surface area contributed by atoms with Crippen molar-refractivity contribution in [1.29, 1.82) is 0 Å². The van der Waals surface area contributed by atoms with Crippen molar-refractivity contribution in [3.63, 3.8) is 0 Å². The summed E-state index contributed by atoms with van der Waals surface area (Å²) in [6.07, 6.45) is 3.73. The van der Waals surface area contributed by atoms with Crippen LogP contribution in [0.3, 0.4) is 0 Å². The average molecular weight is 151 g/mol. The van der Waals surface area contributed by atoms with Crippen LogP contribution in [0.5, 0.6) is 0 Å². The first-order chi connectivity index (χ1) is 5.24. The van der Waals surface area contributed by atoms with Gasteiger partial charge < -0.3 is 10.2 Å². The Bertz CT molecular complexity index is 260. The molecule has 2 N–H and O–H groups in total. The minimum Gasteiger partial charge on any atom is -0.469 e. The third-order valence-corrected chi connectivity index (χ3v) is 1.62. The Morgan fingerprint density at radius 3 is 2.91 bits per heavy atom. The molecule has 0 aliphatic rings. The van der Waals surface area contributed by atoms with Gasteiger partial charge in [-0.15, -0.1) is 0 Å². The molecule has 0 saturated heterocycles. The fourth-order valence-electron chi connectivity index (χ4n) is 0.869. The van der Waals surface area contributed by atoms with Gasteiger partial charge in [0.15, 0.2) is 0 Å². The van der Waals surface area contributed by atoms with Gasteiger partial charge in [0.2, 0.25) is 0 Å². The van der Waals surface area contributed by atoms with Crippen LogP contribution in [0.25, 0.3) is 6.08 Å². The lowest BCUT2D eigenvalue weighted by molar-refractivity contribution is 0.533. The molecule has 0 aliphatic carbocycles. The molecule has 0 atom stereocenters. The van der Waals surface area contributed by atoms with Crippen molar-refractivity contribution in [3.8, 4) is 0 Å². The quantitative estimate of drug-likeness (QED) is 0.701. The maximum absolute atomic E-state index is 5.44. The highest BCUT2D eigenvalue weighted by Crippen LogP contribution is 2.12. The molecule has 1 rings (SSSR count). The summed E-state index contributed by atoms with van der Waals surface area (Å²) in [5.74, 6) is 0.942. The summed E-state index contributed by atoms with van der Waals surface area (Å²) in [6.45, 7) is 4.55. The fourth-order valence-corrected chi connectivity index (χ4v) is 0.869. The maximum Gasteiger partial charge on any atom is 0.107 e. The van der Waals surface area contributed by atoms with Gasteiger partial charge in [-0.05, 0) is 19.9 Å². The zero-order valence-electron chi connectivity index (χ0n) is 6.92. The van der Waals surface area contributed by atoms with E-state index in [1.165, 1.54) is 0 Å². The van der Waals surface area contributed by atoms with Crippen LogP contribution >= 0.6 is 0 Å². The molecular weight excluding hydrogens is 138 g/mol. The van der Waals surface area contributed by atoms with Crippen LogP contribution in [-0.2, 0) is 0 Å². The van der Waals surface area contributed by atoms with Crippen LogP contribution in [0.15, 0.2) is 22.3 Å². The van der Waals surface area contributed by atoms with E-state index in [0.29, 0.717) is 6.54 Å². The monoisotopic (exact) mass is 151 g/mol. The highest BCUT2D eigenvalue weighted by molar-refractivity contribution is 5.53. The van der Waals surface area contributed by atoms with Crippen molar-refractivity contribution in [2.45, 2.75) is 13.8 Å². The summed E-state index contributed by atoms with van der Waals surface area (Å²) in [6, 6.07) is 1.94. The van der Waals surface area contributed by atoms with Gasteiger partial charge in [0.25, 0.3) is 0 Å². The van der Waals surface area contributed by atoms with E-state index in [1.54, 1.807) is 6.26 Å². The molecule has 1 heterocycles. The molecule has 0 fully saturated rings. The number of hydrogen-bond acceptors (Lipinski definition) is 2. The van der Waals surface area contributed by atoms with E-state index in [1.807, 2.05) is 26.0 Å². The molecule has 0 aliphatic heterocycles. The normalized spacial score (nSPS) is 12.1. The SMILES string of the molecule is C/C(=C/c1ccoc1C)CN. The molecule has 11 heavy (non-hydrogen) atoms. The van der Waals surface area contributed by atoms with Gasteiger partial charge in [-0.2, -0.15) is 0 Å². The molecule has 2 heteroatoms. The van der Waals surface area contributed by atoms with Crippen LogP contribution in [-0.4, -0.2) is 6.54 Å². The summed E-state index contributed by atoms with van der Waals surface area (Å²) in [7, 11) is 0. The van der Waals surface area contributed by atoms with Crippen LogP contribution in [0.2, 0.25) is 0 Å². The zero-order valence-corrected chi connectivity index (χ0v) is 6.92. The van der Waals surface area contributed by atoms with Crippen LogP contribution in [0.1, 0.15) is 18.2 Å². The largest absolute Gasteiger partial charge is 0.469 e. The second-order valence-corrected chi connectivity index (χ2v) is 2.63. The van der Waals surface area contributed by atoms with Crippen molar-refractivity contribution in [2.75, 3.05) is 6.54 Å². The van der Waals surface area contributed by atoms with Crippen molar-refractivity contribution in [1.82, 2.24) is 0 Å². The Hall–Kier alpha value is -1.02. The van der Waals surface area contributed by atoms with E-state index >= 15 is 0 Å². The number of aryl methyl sites for hydroxylation is 1. The number of rotatable bonds is 2. The first-order valence-corrected chi connectivity index (χ1v) is 3.65. The number of nitrogens with two attached hydrogens (primary N) is 1. The molecule has 0 unspecified atom stereocenters. The van der Waals surface area contributed by atoms with Crippen molar-refractivity contribution >= 4 is 6.08 Å². The van der Waals surface area contributed by atoms with Gasteiger partial charge in [0.1, 0.15) is 5.76 Å². The third kappa shape index (κ3) is 1.95. The molecule has 0 saturated carbocycles. The molecule has 0 radical (unpaired) electrons. The zero-order chi connectivity index (χ0) is 8.27. The van der Waals surface area contributed by atoms with Crippen molar-refractivity contribution in [3.05, 3.63) is 29.2 Å². The molecule has 1 aromatic heterocycles. The summed E-state index contributed by atoms with van der Waals surface area (Å²) in [5.41, 5.74) is 7.72. The minimum absolute atomic E-state index is 0.602. The van der Waals surface area contributed by atoms with Crippen molar-refractivity contribution < 1.29 is 4.42 Å². The molecule has 2 nitrogen and oxygen atoms in total. The van der Waals surface area contributed by atoms with Crippen LogP contribution < -0.4 is 5.73 Å². The first kappa shape index (κ1) is 8.08. The second-order valence-electron chi connectivity index (χ2n) is 2.63. The summed E-state index contributed by atoms with van der Waals surface area (Å²) in [5, 5.41) is 0. The smallest absolute Gasteiger partial charge is 0.107 e. The Kier molecular flexibility index (Phi) is 2.49. The van der Waals surface area contributed by atoms with E-state index in [0.717, 1.165) is 16.9 Å². The highest BCUT2D eigenvalue weighted by Gasteiger charge is 1.96. The Balaban J connectivity index is 2.86. The molecular formula is C9H13NO. The predicted octanol–water partition coefficient (Wildman–Crippen LogP) is 1.95. The molecule has 0 spiro atoms. The Labute approximate surface area is 66.7 Å². The van der Waals surface area contributed by atoms with Gasteiger partial charge in [0, 0.05) is 12.1 Å². The summed E-state index contributed by atoms with van der Waals surface area (Å²) in [4.78, 5) is 0. The molecule has 0 aromatic carbocycles. The first-order valence-electron chi connectivity index (χ1n) is 3.65. The summed E-state index contributed by atoms with van der Waals surface area (Å²) < 4.78 is 5.12. The van der Waals surface area contributed by atoms with Gasteiger partial charge in [-0.1, -0.05) is 11.6 Å². The lowest BCUT2D eigenvalue weighted by Crippen LogP contribution is -1.99. The van der Waals surface area contributed by atoms with E-state index in [-0.39, 0.29) is 0 Å². The summed E-state index contributed by atoms with van der Waals surface area (Å²) >= 11 is 0. The van der Waals surface area contributed by atoms with E-state index in [9.17, 15) is 0 Å². The van der Waals surface area contributed by atoms with E-state index in [2.05, 4.69) is 0 Å². The fraction of sp³-hybridized carbons (Fsp3) is 0.333. The lowest BCUT2D eigenvalue weighted by Gasteiger charge is -1.93. The third-order valence-electron chi connectivity index (χ3n) is 1.62. The van der Waals surface area contributed by atoms with Gasteiger partial charge in [-0.25, -0.2) is 0 Å². The second kappa shape index (κ2) is 3.39. The van der Waals surface area contributed by atoms with Gasteiger partial charge in [-0.3, -0.25) is 0 Å². The topological polar surface area (TPSA) is 39.2 Å². The van der Waals surface area contributed by atoms with Gasteiger partial charge in [0.05, 0.1) is 6.26 Å². The number of hydrogen-bond donors (Lipinski definition) is 1. The van der Waals surface area contributed by atoms with E-state index < -0.39 is 0 Å². The van der Waals surface area contributed by atoms with Crippen LogP contribution in [0.4, 0.5) is 0 Å². The van der Waals surface area contributed by atoms with Crippen LogP contribution in [0, 0.1) is 6.92 Å². The van der Waals surface area contributed by atoms with Gasteiger partial charge >= 0.3 is 0 Å². The molecule has 0 amide bonds. The highest BCUT2D eigenvalue weighted by atomic mass is 16.3. The minimum atomic E-state index is 0.602. The predicted molar refractivity (Wildman–Crippen MR) is 46.2 cm³/mol. The number of furan rings is 1. The molecule has 1 aromatic rings. The standard InChI is InChI=1S/C9H13NO/c1-7(6-10)5-9-3-4-11-8(9)2/h3-5H,6,10H2,1-2H3/b7-5-. The van der Waals surface area contributed by atoms with E-state index in [4.69, 9.17) is 10.2 Å². The van der Waals surface area contributed by atoms with Crippen molar-refractivity contribution in [2.24, 2.45) is 5.73 Å². The Morgan fingerprint density at radius 2 is 2.45 bits per heavy atom. The molecule has 0 bridgehead atoms.